The van der Waals surface area contributed by atoms with Gasteiger partial charge in [-0.15, -0.1) is 0 Å². The van der Waals surface area contributed by atoms with Crippen molar-refractivity contribution in [1.29, 1.82) is 5.26 Å². The summed E-state index contributed by atoms with van der Waals surface area (Å²) in [4.78, 5) is 4.46. The Hall–Kier alpha value is -2.15. The summed E-state index contributed by atoms with van der Waals surface area (Å²) in [5.74, 6) is 1.90. The zero-order valence-corrected chi connectivity index (χ0v) is 11.1. The molecule has 0 aliphatic heterocycles. The van der Waals surface area contributed by atoms with Crippen molar-refractivity contribution in [2.75, 3.05) is 0 Å². The molecular weight excluding hydrogens is 238 g/mol. The summed E-state index contributed by atoms with van der Waals surface area (Å²) >= 11 is 0. The van der Waals surface area contributed by atoms with E-state index in [1.54, 1.807) is 12.1 Å². The van der Waals surface area contributed by atoms with Crippen molar-refractivity contribution < 1.29 is 4.52 Å². The van der Waals surface area contributed by atoms with Crippen LogP contribution >= 0.6 is 0 Å². The Morgan fingerprint density at radius 1 is 1.37 bits per heavy atom. The summed E-state index contributed by atoms with van der Waals surface area (Å²) in [6.07, 6.45) is 1.74. The van der Waals surface area contributed by atoms with Crippen molar-refractivity contribution in [2.45, 2.75) is 32.6 Å². The normalized spacial score (nSPS) is 19.9. The van der Waals surface area contributed by atoms with Gasteiger partial charge in [-0.25, -0.2) is 0 Å². The molecule has 1 saturated carbocycles. The van der Waals surface area contributed by atoms with E-state index in [1.165, 1.54) is 0 Å². The highest BCUT2D eigenvalue weighted by molar-refractivity contribution is 5.32. The molecule has 1 aliphatic carbocycles. The molecule has 96 valence electrons. The largest absolute Gasteiger partial charge is 0.339 e. The molecule has 1 atom stereocenters. The molecule has 0 N–H and O–H groups in total. The lowest BCUT2D eigenvalue weighted by Crippen LogP contribution is -1.93. The molecule has 0 spiro atoms. The Morgan fingerprint density at radius 3 is 2.63 bits per heavy atom. The van der Waals surface area contributed by atoms with E-state index < -0.39 is 0 Å². The fraction of sp³-hybridized carbons (Fsp3) is 0.400. The molecule has 1 aromatic heterocycles. The first-order valence-electron chi connectivity index (χ1n) is 6.40. The van der Waals surface area contributed by atoms with Gasteiger partial charge in [-0.3, -0.25) is 0 Å². The van der Waals surface area contributed by atoms with Crippen LogP contribution in [0.25, 0.3) is 0 Å². The highest BCUT2D eigenvalue weighted by Gasteiger charge is 2.49. The minimum absolute atomic E-state index is 0.315. The molecule has 0 saturated heterocycles. The number of aromatic nitrogens is 2. The van der Waals surface area contributed by atoms with Crippen LogP contribution in [-0.4, -0.2) is 10.1 Å². The van der Waals surface area contributed by atoms with Gasteiger partial charge >= 0.3 is 0 Å². The summed E-state index contributed by atoms with van der Waals surface area (Å²) in [7, 11) is 0. The van der Waals surface area contributed by atoms with E-state index in [4.69, 9.17) is 9.78 Å². The highest BCUT2D eigenvalue weighted by Crippen LogP contribution is 2.57. The zero-order chi connectivity index (χ0) is 13.5. The minimum Gasteiger partial charge on any atom is -0.339 e. The second kappa shape index (κ2) is 4.20. The number of nitrogens with zero attached hydrogens (tertiary/aromatic N) is 3. The third-order valence-electron chi connectivity index (χ3n) is 3.75. The summed E-state index contributed by atoms with van der Waals surface area (Å²) in [6.45, 7) is 4.43. The standard InChI is InChI=1S/C15H15N3O/c1-15(2)8-12(15)14-17-13(19-18-14)7-10-3-5-11(9-16)6-4-10/h3-6,12H,7-8H2,1-2H3. The molecule has 0 radical (unpaired) electrons. The second-order valence-electron chi connectivity index (χ2n) is 5.78. The molecule has 0 bridgehead atoms. The molecular formula is C15H15N3O. The molecule has 3 rings (SSSR count). The third-order valence-corrected chi connectivity index (χ3v) is 3.75. The molecule has 1 aliphatic rings. The number of hydrogen-bond acceptors (Lipinski definition) is 4. The van der Waals surface area contributed by atoms with Crippen molar-refractivity contribution in [3.63, 3.8) is 0 Å². The van der Waals surface area contributed by atoms with Crippen molar-refractivity contribution in [3.05, 3.63) is 47.1 Å². The van der Waals surface area contributed by atoms with E-state index in [9.17, 15) is 0 Å². The van der Waals surface area contributed by atoms with Gasteiger partial charge in [-0.05, 0) is 29.5 Å². The van der Waals surface area contributed by atoms with E-state index in [1.807, 2.05) is 12.1 Å². The molecule has 19 heavy (non-hydrogen) atoms. The molecule has 2 aromatic rings. The van der Waals surface area contributed by atoms with Gasteiger partial charge in [0.15, 0.2) is 5.82 Å². The van der Waals surface area contributed by atoms with Gasteiger partial charge in [-0.2, -0.15) is 10.2 Å². The zero-order valence-electron chi connectivity index (χ0n) is 11.1. The van der Waals surface area contributed by atoms with Crippen molar-refractivity contribution in [2.24, 2.45) is 5.41 Å². The van der Waals surface area contributed by atoms with Gasteiger partial charge in [0, 0.05) is 5.92 Å². The first kappa shape index (κ1) is 11.9. The maximum absolute atomic E-state index is 8.75. The van der Waals surface area contributed by atoms with Crippen LogP contribution in [0.5, 0.6) is 0 Å². The lowest BCUT2D eigenvalue weighted by molar-refractivity contribution is 0.377. The SMILES string of the molecule is CC1(C)CC1c1noc(Cc2ccc(C#N)cc2)n1. The predicted molar refractivity (Wildman–Crippen MR) is 69.4 cm³/mol. The van der Waals surface area contributed by atoms with Crippen LogP contribution in [0, 0.1) is 16.7 Å². The van der Waals surface area contributed by atoms with E-state index in [-0.39, 0.29) is 0 Å². The lowest BCUT2D eigenvalue weighted by Gasteiger charge is -1.97. The van der Waals surface area contributed by atoms with Crippen LogP contribution in [0.1, 0.15) is 49.0 Å². The molecule has 1 aromatic carbocycles. The van der Waals surface area contributed by atoms with Gasteiger partial charge < -0.3 is 4.52 Å². The summed E-state index contributed by atoms with van der Waals surface area (Å²) in [5, 5.41) is 12.8. The van der Waals surface area contributed by atoms with Crippen LogP contribution in [0.3, 0.4) is 0 Å². The van der Waals surface area contributed by atoms with Gasteiger partial charge in [0.25, 0.3) is 0 Å². The van der Waals surface area contributed by atoms with Crippen LogP contribution in [-0.2, 0) is 6.42 Å². The number of rotatable bonds is 3. The summed E-state index contributed by atoms with van der Waals surface area (Å²) in [6, 6.07) is 9.55. The molecule has 0 amide bonds. The van der Waals surface area contributed by atoms with Crippen molar-refractivity contribution >= 4 is 0 Å². The monoisotopic (exact) mass is 253 g/mol. The number of nitriles is 1. The first-order valence-corrected chi connectivity index (χ1v) is 6.40. The Kier molecular flexibility index (Phi) is 2.63. The highest BCUT2D eigenvalue weighted by atomic mass is 16.5. The smallest absolute Gasteiger partial charge is 0.231 e. The Bertz CT molecular complexity index is 634. The quantitative estimate of drug-likeness (QED) is 0.843. The summed E-state index contributed by atoms with van der Waals surface area (Å²) < 4.78 is 5.29. The molecule has 4 nitrogen and oxygen atoms in total. The second-order valence-corrected chi connectivity index (χ2v) is 5.78. The van der Waals surface area contributed by atoms with Gasteiger partial charge in [0.1, 0.15) is 0 Å². The van der Waals surface area contributed by atoms with Crippen LogP contribution in [0.15, 0.2) is 28.8 Å². The first-order chi connectivity index (χ1) is 9.08. The van der Waals surface area contributed by atoms with Crippen molar-refractivity contribution in [3.8, 4) is 6.07 Å². The fourth-order valence-corrected chi connectivity index (χ4v) is 2.26. The summed E-state index contributed by atoms with van der Waals surface area (Å²) in [5.41, 5.74) is 2.05. The van der Waals surface area contributed by atoms with Crippen molar-refractivity contribution in [1.82, 2.24) is 10.1 Å². The number of hydrogen-bond donors (Lipinski definition) is 0. The van der Waals surface area contributed by atoms with E-state index in [0.29, 0.717) is 29.2 Å². The third kappa shape index (κ3) is 2.37. The Morgan fingerprint density at radius 2 is 2.05 bits per heavy atom. The van der Waals surface area contributed by atoms with Crippen LogP contribution in [0.4, 0.5) is 0 Å². The minimum atomic E-state index is 0.315. The van der Waals surface area contributed by atoms with Crippen LogP contribution in [0.2, 0.25) is 0 Å². The maximum Gasteiger partial charge on any atom is 0.231 e. The van der Waals surface area contributed by atoms with Gasteiger partial charge in [0.05, 0.1) is 18.1 Å². The van der Waals surface area contributed by atoms with E-state index in [2.05, 4.69) is 30.1 Å². The topological polar surface area (TPSA) is 62.7 Å². The number of benzene rings is 1. The molecule has 4 heteroatoms. The molecule has 1 fully saturated rings. The lowest BCUT2D eigenvalue weighted by atomic mass is 10.1. The predicted octanol–water partition coefficient (Wildman–Crippen LogP) is 3.05. The van der Waals surface area contributed by atoms with E-state index in [0.717, 1.165) is 17.8 Å². The van der Waals surface area contributed by atoms with Crippen LogP contribution < -0.4 is 0 Å². The van der Waals surface area contributed by atoms with E-state index >= 15 is 0 Å². The fourth-order valence-electron chi connectivity index (χ4n) is 2.26. The Labute approximate surface area is 112 Å². The Balaban J connectivity index is 1.72. The van der Waals surface area contributed by atoms with Gasteiger partial charge in [-0.1, -0.05) is 31.1 Å². The average Bonchev–Trinajstić information content (AvgIpc) is 2.84. The molecule has 1 unspecified atom stereocenters. The molecule has 1 heterocycles. The maximum atomic E-state index is 8.75. The van der Waals surface area contributed by atoms with Gasteiger partial charge in [0.2, 0.25) is 5.89 Å². The average molecular weight is 253 g/mol.